The number of carbonyl (C=O) groups is 1. The fourth-order valence-corrected chi connectivity index (χ4v) is 2.73. The van der Waals surface area contributed by atoms with Crippen molar-refractivity contribution in [1.29, 1.82) is 0 Å². The molecule has 1 amide bonds. The Kier molecular flexibility index (Phi) is 4.41. The molecule has 8 heteroatoms. The van der Waals surface area contributed by atoms with Gasteiger partial charge in [-0.3, -0.25) is 14.9 Å². The van der Waals surface area contributed by atoms with Gasteiger partial charge in [-0.15, -0.1) is 5.10 Å². The number of nitro benzene ring substituents is 1. The van der Waals surface area contributed by atoms with Crippen LogP contribution in [-0.2, 0) is 9.53 Å². The molecule has 1 aliphatic heterocycles. The summed E-state index contributed by atoms with van der Waals surface area (Å²) >= 11 is 6.15. The van der Waals surface area contributed by atoms with Gasteiger partial charge in [0.15, 0.2) is 0 Å². The molecule has 0 unspecified atom stereocenters. The van der Waals surface area contributed by atoms with Gasteiger partial charge in [-0.2, -0.15) is 5.01 Å². The summed E-state index contributed by atoms with van der Waals surface area (Å²) in [6, 6.07) is 11.4. The minimum atomic E-state index is -0.746. The topological polar surface area (TPSA) is 85.0 Å². The number of benzene rings is 2. The van der Waals surface area contributed by atoms with E-state index in [1.807, 2.05) is 31.2 Å². The molecule has 0 radical (unpaired) electrons. The molecule has 2 aromatic rings. The number of ether oxygens (including phenoxy) is 1. The smallest absolute Gasteiger partial charge is 0.270 e. The second kappa shape index (κ2) is 6.52. The fourth-order valence-electron chi connectivity index (χ4n) is 2.53. The molecule has 1 aliphatic rings. The predicted octanol–water partition coefficient (Wildman–Crippen LogP) is 3.80. The third-order valence-electron chi connectivity index (χ3n) is 3.81. The van der Waals surface area contributed by atoms with Crippen molar-refractivity contribution in [2.24, 2.45) is 5.10 Å². The standard InChI is InChI=1S/C17H14ClN3O4/c1-10-5-3-4-6-13(10)17-20(11(2)22)19-16(25-17)14-9-12(21(23)24)7-8-15(14)18/h3-9,17H,1-2H3/t17-/m1/s1. The summed E-state index contributed by atoms with van der Waals surface area (Å²) in [7, 11) is 0. The van der Waals surface area contributed by atoms with Crippen LogP contribution in [0.2, 0.25) is 5.02 Å². The van der Waals surface area contributed by atoms with Crippen molar-refractivity contribution in [1.82, 2.24) is 5.01 Å². The normalized spacial score (nSPS) is 16.4. The van der Waals surface area contributed by atoms with Gasteiger partial charge in [-0.1, -0.05) is 35.9 Å². The number of aryl methyl sites for hydroxylation is 1. The van der Waals surface area contributed by atoms with Crippen LogP contribution in [0.15, 0.2) is 47.6 Å². The number of non-ortho nitro benzene ring substituents is 1. The van der Waals surface area contributed by atoms with Gasteiger partial charge in [0.1, 0.15) is 0 Å². The third kappa shape index (κ3) is 3.18. The lowest BCUT2D eigenvalue weighted by Gasteiger charge is -2.20. The summed E-state index contributed by atoms with van der Waals surface area (Å²) in [4.78, 5) is 22.4. The van der Waals surface area contributed by atoms with Crippen molar-refractivity contribution in [3.8, 4) is 0 Å². The summed E-state index contributed by atoms with van der Waals surface area (Å²) < 4.78 is 5.85. The van der Waals surface area contributed by atoms with Crippen molar-refractivity contribution >= 4 is 29.1 Å². The Bertz CT molecular complexity index is 897. The number of nitrogens with zero attached hydrogens (tertiary/aromatic N) is 3. The number of rotatable bonds is 3. The van der Waals surface area contributed by atoms with Crippen molar-refractivity contribution in [3.63, 3.8) is 0 Å². The van der Waals surface area contributed by atoms with Crippen LogP contribution in [0.4, 0.5) is 5.69 Å². The highest BCUT2D eigenvalue weighted by atomic mass is 35.5. The fraction of sp³-hybridized carbons (Fsp3) is 0.176. The highest BCUT2D eigenvalue weighted by Crippen LogP contribution is 2.34. The van der Waals surface area contributed by atoms with Crippen LogP contribution in [0.1, 0.15) is 29.8 Å². The van der Waals surface area contributed by atoms with Crippen LogP contribution in [0.5, 0.6) is 0 Å². The van der Waals surface area contributed by atoms with Crippen molar-refractivity contribution in [3.05, 3.63) is 74.3 Å². The highest BCUT2D eigenvalue weighted by molar-refractivity contribution is 6.34. The molecule has 0 N–H and O–H groups in total. The Morgan fingerprint density at radius 3 is 2.68 bits per heavy atom. The molecule has 0 spiro atoms. The van der Waals surface area contributed by atoms with E-state index in [2.05, 4.69) is 5.10 Å². The van der Waals surface area contributed by atoms with Gasteiger partial charge in [-0.05, 0) is 18.6 Å². The van der Waals surface area contributed by atoms with E-state index in [4.69, 9.17) is 16.3 Å². The van der Waals surface area contributed by atoms with Gasteiger partial charge in [0, 0.05) is 24.6 Å². The zero-order chi connectivity index (χ0) is 18.1. The molecule has 0 aromatic heterocycles. The van der Waals surface area contributed by atoms with Crippen LogP contribution in [-0.4, -0.2) is 21.7 Å². The largest absolute Gasteiger partial charge is 0.446 e. The SMILES string of the molecule is CC(=O)N1N=C(c2cc([N+](=O)[O-])ccc2Cl)O[C@@H]1c1ccccc1C. The van der Waals surface area contributed by atoms with Crippen LogP contribution in [0.25, 0.3) is 0 Å². The van der Waals surface area contributed by atoms with Gasteiger partial charge < -0.3 is 4.74 Å². The third-order valence-corrected chi connectivity index (χ3v) is 4.14. The summed E-state index contributed by atoms with van der Waals surface area (Å²) in [6.45, 7) is 3.27. The molecule has 0 saturated heterocycles. The predicted molar refractivity (Wildman–Crippen MR) is 92.2 cm³/mol. The molecule has 7 nitrogen and oxygen atoms in total. The first-order valence-electron chi connectivity index (χ1n) is 7.43. The van der Waals surface area contributed by atoms with E-state index in [9.17, 15) is 14.9 Å². The highest BCUT2D eigenvalue weighted by Gasteiger charge is 2.35. The average molecular weight is 360 g/mol. The van der Waals surface area contributed by atoms with Crippen LogP contribution in [0, 0.1) is 17.0 Å². The number of nitro groups is 1. The van der Waals surface area contributed by atoms with E-state index in [0.717, 1.165) is 11.1 Å². The van der Waals surface area contributed by atoms with E-state index < -0.39 is 11.2 Å². The first-order chi connectivity index (χ1) is 11.9. The molecule has 2 aromatic carbocycles. The lowest BCUT2D eigenvalue weighted by Crippen LogP contribution is -2.25. The van der Waals surface area contributed by atoms with Gasteiger partial charge in [-0.25, -0.2) is 0 Å². The Balaban J connectivity index is 2.04. The Hall–Kier alpha value is -2.93. The molecule has 0 saturated carbocycles. The van der Waals surface area contributed by atoms with Crippen molar-refractivity contribution in [2.75, 3.05) is 0 Å². The maximum Gasteiger partial charge on any atom is 0.270 e. The molecular weight excluding hydrogens is 346 g/mol. The zero-order valence-corrected chi connectivity index (χ0v) is 14.2. The number of amides is 1. The average Bonchev–Trinajstić information content (AvgIpc) is 3.00. The molecule has 25 heavy (non-hydrogen) atoms. The second-order valence-corrected chi connectivity index (χ2v) is 5.92. The van der Waals surface area contributed by atoms with Crippen LogP contribution in [0.3, 0.4) is 0 Å². The van der Waals surface area contributed by atoms with Gasteiger partial charge in [0.25, 0.3) is 5.69 Å². The van der Waals surface area contributed by atoms with E-state index in [0.29, 0.717) is 0 Å². The molecule has 3 rings (SSSR count). The first kappa shape index (κ1) is 16.9. The van der Waals surface area contributed by atoms with Gasteiger partial charge in [0.2, 0.25) is 18.0 Å². The maximum atomic E-state index is 12.0. The number of halogens is 1. The maximum absolute atomic E-state index is 12.0. The lowest BCUT2D eigenvalue weighted by molar-refractivity contribution is -0.384. The Labute approximate surface area is 148 Å². The summed E-state index contributed by atoms with van der Waals surface area (Å²) in [5.74, 6) is -0.248. The monoisotopic (exact) mass is 359 g/mol. The van der Waals surface area contributed by atoms with Gasteiger partial charge in [0.05, 0.1) is 15.5 Å². The summed E-state index contributed by atoms with van der Waals surface area (Å²) in [5.41, 5.74) is 1.83. The minimum absolute atomic E-state index is 0.0668. The van der Waals surface area contributed by atoms with Crippen LogP contribution < -0.4 is 0 Å². The number of hydrogen-bond acceptors (Lipinski definition) is 5. The van der Waals surface area contributed by atoms with Crippen molar-refractivity contribution < 1.29 is 14.5 Å². The lowest BCUT2D eigenvalue weighted by atomic mass is 10.1. The van der Waals surface area contributed by atoms with Crippen LogP contribution >= 0.6 is 11.6 Å². The first-order valence-corrected chi connectivity index (χ1v) is 7.81. The molecule has 1 atom stereocenters. The number of hydrogen-bond donors (Lipinski definition) is 0. The molecule has 0 fully saturated rings. The van der Waals surface area contributed by atoms with E-state index in [-0.39, 0.29) is 28.1 Å². The summed E-state index contributed by atoms with van der Waals surface area (Å²) in [6.07, 6.45) is -0.746. The van der Waals surface area contributed by atoms with E-state index >= 15 is 0 Å². The minimum Gasteiger partial charge on any atom is -0.446 e. The zero-order valence-electron chi connectivity index (χ0n) is 13.5. The Morgan fingerprint density at radius 1 is 1.32 bits per heavy atom. The van der Waals surface area contributed by atoms with E-state index in [1.54, 1.807) is 0 Å². The second-order valence-electron chi connectivity index (χ2n) is 5.52. The molecule has 0 aliphatic carbocycles. The molecule has 128 valence electrons. The van der Waals surface area contributed by atoms with Gasteiger partial charge >= 0.3 is 0 Å². The molecule has 0 bridgehead atoms. The van der Waals surface area contributed by atoms with Crippen molar-refractivity contribution in [2.45, 2.75) is 20.1 Å². The number of carbonyl (C=O) groups excluding carboxylic acids is 1. The summed E-state index contributed by atoms with van der Waals surface area (Å²) in [5, 5.41) is 16.6. The molecular formula is C17H14ClN3O4. The molecule has 1 heterocycles. The van der Waals surface area contributed by atoms with E-state index in [1.165, 1.54) is 30.1 Å². The quantitative estimate of drug-likeness (QED) is 0.616. The number of hydrazone groups is 1. The Morgan fingerprint density at radius 2 is 2.04 bits per heavy atom.